The lowest BCUT2D eigenvalue weighted by atomic mass is 10.1. The van der Waals surface area contributed by atoms with Crippen LogP contribution in [0.1, 0.15) is 39.0 Å². The first kappa shape index (κ1) is 23.8. The van der Waals surface area contributed by atoms with Crippen molar-refractivity contribution >= 4 is 45.8 Å². The summed E-state index contributed by atoms with van der Waals surface area (Å²) in [6, 6.07) is 12.0. The molecule has 0 aliphatic carbocycles. The Morgan fingerprint density at radius 2 is 1.91 bits per heavy atom. The first-order valence-corrected chi connectivity index (χ1v) is 11.8. The standard InChI is InChI=1S/C25H22ClN3O4S/c1-13-22(15(3)30)14(2)27-23(13)20(31)12-34-25-28-18-11-16(26)9-10-17(18)24(32)29(25)19-7-5-6-8-21(19)33-4/h5-11,27H,12H2,1-4H3. The molecule has 7 nitrogen and oxygen atoms in total. The Morgan fingerprint density at radius 3 is 2.59 bits per heavy atom. The fourth-order valence-corrected chi connectivity index (χ4v) is 5.07. The van der Waals surface area contributed by atoms with Crippen molar-refractivity contribution in [3.8, 4) is 11.4 Å². The SMILES string of the molecule is COc1ccccc1-n1c(SCC(=O)c2[nH]c(C)c(C(C)=O)c2C)nc2cc(Cl)ccc2c1=O. The van der Waals surface area contributed by atoms with Crippen LogP contribution in [0.15, 0.2) is 52.4 Å². The molecule has 4 rings (SSSR count). The summed E-state index contributed by atoms with van der Waals surface area (Å²) in [5, 5.41) is 1.17. The molecule has 0 atom stereocenters. The molecule has 0 aliphatic rings. The molecule has 2 aromatic heterocycles. The Morgan fingerprint density at radius 1 is 1.18 bits per heavy atom. The van der Waals surface area contributed by atoms with Gasteiger partial charge in [-0.15, -0.1) is 0 Å². The number of hydrogen-bond donors (Lipinski definition) is 1. The number of ether oxygens (including phenoxy) is 1. The number of halogens is 1. The van der Waals surface area contributed by atoms with Crippen LogP contribution in [0.3, 0.4) is 0 Å². The number of carbonyl (C=O) groups is 2. The predicted octanol–water partition coefficient (Wildman–Crippen LogP) is 5.17. The summed E-state index contributed by atoms with van der Waals surface area (Å²) in [6.45, 7) is 4.99. The Labute approximate surface area is 205 Å². The Kier molecular flexibility index (Phi) is 6.63. The molecule has 9 heteroatoms. The molecule has 0 amide bonds. The third-order valence-electron chi connectivity index (χ3n) is 5.53. The van der Waals surface area contributed by atoms with E-state index in [-0.39, 0.29) is 22.9 Å². The van der Waals surface area contributed by atoms with Gasteiger partial charge < -0.3 is 9.72 Å². The van der Waals surface area contributed by atoms with Gasteiger partial charge in [-0.1, -0.05) is 35.5 Å². The Balaban J connectivity index is 1.80. The van der Waals surface area contributed by atoms with Gasteiger partial charge >= 0.3 is 0 Å². The van der Waals surface area contributed by atoms with Crippen LogP contribution < -0.4 is 10.3 Å². The summed E-state index contributed by atoms with van der Waals surface area (Å²) in [4.78, 5) is 46.2. The number of aromatic amines is 1. The van der Waals surface area contributed by atoms with E-state index < -0.39 is 0 Å². The van der Waals surface area contributed by atoms with Gasteiger partial charge in [-0.25, -0.2) is 4.98 Å². The van der Waals surface area contributed by atoms with E-state index in [4.69, 9.17) is 16.3 Å². The van der Waals surface area contributed by atoms with Gasteiger partial charge in [0.15, 0.2) is 16.7 Å². The number of H-pyrrole nitrogens is 1. The smallest absolute Gasteiger partial charge is 0.266 e. The molecule has 0 saturated carbocycles. The van der Waals surface area contributed by atoms with Crippen LogP contribution in [0, 0.1) is 13.8 Å². The number of ketones is 2. The molecule has 0 spiro atoms. The highest BCUT2D eigenvalue weighted by molar-refractivity contribution is 7.99. The van der Waals surface area contributed by atoms with Crippen molar-refractivity contribution in [3.05, 3.63) is 80.4 Å². The van der Waals surface area contributed by atoms with Crippen molar-refractivity contribution < 1.29 is 14.3 Å². The van der Waals surface area contributed by atoms with Gasteiger partial charge in [-0.2, -0.15) is 0 Å². The number of rotatable bonds is 7. The molecule has 0 aliphatic heterocycles. The topological polar surface area (TPSA) is 94.1 Å². The van der Waals surface area contributed by atoms with Gasteiger partial charge in [0, 0.05) is 16.3 Å². The van der Waals surface area contributed by atoms with Crippen LogP contribution >= 0.6 is 23.4 Å². The third-order valence-corrected chi connectivity index (χ3v) is 6.70. The number of para-hydroxylation sites is 2. The second-order valence-electron chi connectivity index (χ2n) is 7.76. The summed E-state index contributed by atoms with van der Waals surface area (Å²) in [5.41, 5.74) is 2.83. The Hall–Kier alpha value is -3.36. The van der Waals surface area contributed by atoms with Crippen LogP contribution in [-0.2, 0) is 0 Å². The van der Waals surface area contributed by atoms with Crippen LogP contribution in [0.25, 0.3) is 16.6 Å². The molecule has 0 fully saturated rings. The van der Waals surface area contributed by atoms with E-state index >= 15 is 0 Å². The largest absolute Gasteiger partial charge is 0.495 e. The highest BCUT2D eigenvalue weighted by Gasteiger charge is 2.22. The molecule has 174 valence electrons. The minimum atomic E-state index is -0.299. The first-order valence-electron chi connectivity index (χ1n) is 10.4. The lowest BCUT2D eigenvalue weighted by Gasteiger charge is -2.15. The van der Waals surface area contributed by atoms with E-state index in [9.17, 15) is 14.4 Å². The predicted molar refractivity (Wildman–Crippen MR) is 134 cm³/mol. The Bertz CT molecular complexity index is 1510. The first-order chi connectivity index (χ1) is 16.2. The number of hydrogen-bond acceptors (Lipinski definition) is 6. The van der Waals surface area contributed by atoms with Crippen LogP contribution in [0.2, 0.25) is 5.02 Å². The molecule has 2 heterocycles. The number of benzene rings is 2. The van der Waals surface area contributed by atoms with Gasteiger partial charge in [-0.05, 0) is 56.7 Å². The number of thioether (sulfide) groups is 1. The van der Waals surface area contributed by atoms with E-state index in [2.05, 4.69) is 9.97 Å². The van der Waals surface area contributed by atoms with Crippen molar-refractivity contribution in [1.82, 2.24) is 14.5 Å². The van der Waals surface area contributed by atoms with Gasteiger partial charge in [0.25, 0.3) is 5.56 Å². The zero-order chi connectivity index (χ0) is 24.6. The second-order valence-corrected chi connectivity index (χ2v) is 9.14. The van der Waals surface area contributed by atoms with Crippen LogP contribution in [-0.4, -0.2) is 39.0 Å². The van der Waals surface area contributed by atoms with E-state index in [1.807, 2.05) is 0 Å². The lowest BCUT2D eigenvalue weighted by molar-refractivity contribution is 0.101. The molecular weight excluding hydrogens is 474 g/mol. The van der Waals surface area contributed by atoms with Crippen LogP contribution in [0.5, 0.6) is 5.75 Å². The molecule has 1 N–H and O–H groups in total. The quantitative estimate of drug-likeness (QED) is 0.216. The van der Waals surface area contributed by atoms with E-state index in [1.54, 1.807) is 56.3 Å². The molecule has 0 radical (unpaired) electrons. The summed E-state index contributed by atoms with van der Waals surface area (Å²) in [7, 11) is 1.53. The minimum absolute atomic E-state index is 0.00575. The monoisotopic (exact) mass is 495 g/mol. The highest BCUT2D eigenvalue weighted by Crippen LogP contribution is 2.29. The normalized spacial score (nSPS) is 11.1. The molecule has 0 unspecified atom stereocenters. The van der Waals surface area contributed by atoms with Crippen molar-refractivity contribution in [2.75, 3.05) is 12.9 Å². The molecule has 34 heavy (non-hydrogen) atoms. The summed E-state index contributed by atoms with van der Waals surface area (Å²) in [6.07, 6.45) is 0. The lowest BCUT2D eigenvalue weighted by Crippen LogP contribution is -2.22. The molecular formula is C25H22ClN3O4S. The maximum Gasteiger partial charge on any atom is 0.266 e. The number of fused-ring (bicyclic) bond motifs is 1. The van der Waals surface area contributed by atoms with Gasteiger partial charge in [0.05, 0.1) is 35.1 Å². The average molecular weight is 496 g/mol. The number of carbonyl (C=O) groups excluding carboxylic acids is 2. The zero-order valence-electron chi connectivity index (χ0n) is 19.1. The summed E-state index contributed by atoms with van der Waals surface area (Å²) < 4.78 is 6.91. The zero-order valence-corrected chi connectivity index (χ0v) is 20.6. The van der Waals surface area contributed by atoms with Crippen molar-refractivity contribution in [2.45, 2.75) is 25.9 Å². The third kappa shape index (κ3) is 4.26. The second kappa shape index (κ2) is 9.48. The molecule has 4 aromatic rings. The van der Waals surface area contributed by atoms with Gasteiger partial charge in [0.2, 0.25) is 0 Å². The van der Waals surface area contributed by atoms with E-state index in [0.29, 0.717) is 55.0 Å². The minimum Gasteiger partial charge on any atom is -0.495 e. The summed E-state index contributed by atoms with van der Waals surface area (Å²) in [5.74, 6) is 0.196. The highest BCUT2D eigenvalue weighted by atomic mass is 35.5. The number of nitrogens with one attached hydrogen (secondary N) is 1. The number of nitrogens with zero attached hydrogens (tertiary/aromatic N) is 2. The fourth-order valence-electron chi connectivity index (χ4n) is 4.02. The van der Waals surface area contributed by atoms with E-state index in [0.717, 1.165) is 11.8 Å². The molecule has 2 aromatic carbocycles. The van der Waals surface area contributed by atoms with Crippen molar-refractivity contribution in [2.24, 2.45) is 0 Å². The number of aryl methyl sites for hydroxylation is 1. The maximum absolute atomic E-state index is 13.5. The number of methoxy groups -OCH3 is 1. The molecule has 0 bridgehead atoms. The number of aromatic nitrogens is 3. The summed E-state index contributed by atoms with van der Waals surface area (Å²) >= 11 is 7.26. The fraction of sp³-hybridized carbons (Fsp3) is 0.200. The van der Waals surface area contributed by atoms with Crippen molar-refractivity contribution in [3.63, 3.8) is 0 Å². The van der Waals surface area contributed by atoms with Gasteiger partial charge in [0.1, 0.15) is 5.75 Å². The average Bonchev–Trinajstić information content (AvgIpc) is 3.11. The van der Waals surface area contributed by atoms with Gasteiger partial charge in [-0.3, -0.25) is 19.0 Å². The van der Waals surface area contributed by atoms with Crippen LogP contribution in [0.4, 0.5) is 0 Å². The number of Topliss-reactive ketones (excluding diaryl/α,β-unsaturated/α-hetero) is 2. The molecule has 0 saturated heterocycles. The maximum atomic E-state index is 13.5. The van der Waals surface area contributed by atoms with E-state index in [1.165, 1.54) is 18.6 Å². The van der Waals surface area contributed by atoms with Crippen molar-refractivity contribution in [1.29, 1.82) is 0 Å².